The van der Waals surface area contributed by atoms with Gasteiger partial charge in [-0.05, 0) is 0 Å². The third kappa shape index (κ3) is 2.69. The fourth-order valence-corrected chi connectivity index (χ4v) is 0.963. The molecule has 0 saturated carbocycles. The van der Waals surface area contributed by atoms with Gasteiger partial charge in [-0.1, -0.05) is 0 Å². The first-order chi connectivity index (χ1) is 5.95. The van der Waals surface area contributed by atoms with Gasteiger partial charge in [-0.15, -0.1) is 0 Å². The number of rotatable bonds is 5. The quantitative estimate of drug-likeness (QED) is 0.322. The van der Waals surface area contributed by atoms with Gasteiger partial charge in [0.05, 0.1) is 19.8 Å². The molecule has 12 heavy (non-hydrogen) atoms. The molecule has 0 aromatic heterocycles. The molecular weight excluding hydrogens is 162 g/mol. The first kappa shape index (κ1) is 8.40. The van der Waals surface area contributed by atoms with Crippen molar-refractivity contribution >= 4 is 0 Å². The van der Waals surface area contributed by atoms with E-state index in [1.165, 1.54) is 0 Å². The van der Waals surface area contributed by atoms with Gasteiger partial charge >= 0.3 is 0 Å². The lowest BCUT2D eigenvalue weighted by molar-refractivity contribution is -0.248. The minimum atomic E-state index is 0.357. The van der Waals surface area contributed by atoms with Crippen LogP contribution in [0.4, 0.5) is 0 Å². The van der Waals surface area contributed by atoms with Crippen LogP contribution >= 0.6 is 0 Å². The molecule has 2 saturated heterocycles. The molecule has 0 amide bonds. The summed E-state index contributed by atoms with van der Waals surface area (Å²) in [6.45, 7) is 4.23. The predicted octanol–water partition coefficient (Wildman–Crippen LogP) is -0.419. The molecular formula is C7H13NO4. The molecule has 0 aromatic carbocycles. The van der Waals surface area contributed by atoms with Gasteiger partial charge in [0.25, 0.3) is 0 Å². The molecule has 0 aromatic rings. The second-order valence-corrected chi connectivity index (χ2v) is 2.92. The summed E-state index contributed by atoms with van der Waals surface area (Å²) in [4.78, 5) is 11.4. The van der Waals surface area contributed by atoms with E-state index in [1.54, 1.807) is 0 Å². The lowest BCUT2D eigenvalue weighted by atomic mass is 10.5. The Morgan fingerprint density at radius 1 is 1.33 bits per heavy atom. The maximum Gasteiger partial charge on any atom is 0.137 e. The summed E-state index contributed by atoms with van der Waals surface area (Å²) in [5, 5.41) is 0. The first-order valence-electron chi connectivity index (χ1n) is 4.11. The molecule has 0 radical (unpaired) electrons. The van der Waals surface area contributed by atoms with Crippen molar-refractivity contribution in [1.82, 2.24) is 4.90 Å². The Kier molecular flexibility index (Phi) is 2.91. The van der Waals surface area contributed by atoms with Crippen molar-refractivity contribution < 1.29 is 19.2 Å². The predicted molar refractivity (Wildman–Crippen MR) is 39.2 cm³/mol. The smallest absolute Gasteiger partial charge is 0.137 e. The lowest BCUT2D eigenvalue weighted by Gasteiger charge is -2.09. The zero-order chi connectivity index (χ0) is 8.23. The Bertz CT molecular complexity index is 133. The van der Waals surface area contributed by atoms with Crippen molar-refractivity contribution in [2.75, 3.05) is 39.8 Å². The number of hydrogen-bond acceptors (Lipinski definition) is 5. The summed E-state index contributed by atoms with van der Waals surface area (Å²) < 4.78 is 10.3. The summed E-state index contributed by atoms with van der Waals surface area (Å²) in [6.07, 6.45) is 0.357. The summed E-state index contributed by atoms with van der Waals surface area (Å²) in [5.41, 5.74) is 0. The highest BCUT2D eigenvalue weighted by molar-refractivity contribution is 4.67. The molecule has 1 atom stereocenters. The normalized spacial score (nSPS) is 29.5. The first-order valence-corrected chi connectivity index (χ1v) is 4.11. The van der Waals surface area contributed by atoms with Crippen molar-refractivity contribution in [2.45, 2.75) is 6.10 Å². The molecule has 5 heteroatoms. The van der Waals surface area contributed by atoms with Gasteiger partial charge in [-0.3, -0.25) is 0 Å². The topological polar surface area (TPSA) is 43.5 Å². The highest BCUT2D eigenvalue weighted by Crippen LogP contribution is 2.08. The summed E-state index contributed by atoms with van der Waals surface area (Å²) in [7, 11) is 0. The number of epoxide rings is 1. The summed E-state index contributed by atoms with van der Waals surface area (Å²) in [6, 6.07) is 0. The van der Waals surface area contributed by atoms with Crippen LogP contribution in [0.15, 0.2) is 0 Å². The highest BCUT2D eigenvalue weighted by atomic mass is 17.2. The Hall–Kier alpha value is -0.200. The fourth-order valence-electron chi connectivity index (χ4n) is 0.963. The van der Waals surface area contributed by atoms with Crippen molar-refractivity contribution in [3.8, 4) is 0 Å². The average molecular weight is 175 g/mol. The van der Waals surface area contributed by atoms with E-state index in [-0.39, 0.29) is 0 Å². The minimum absolute atomic E-state index is 0.357. The van der Waals surface area contributed by atoms with E-state index < -0.39 is 0 Å². The number of ether oxygens (including phenoxy) is 2. The van der Waals surface area contributed by atoms with Crippen LogP contribution in [0.2, 0.25) is 0 Å². The van der Waals surface area contributed by atoms with Crippen LogP contribution < -0.4 is 0 Å². The molecule has 2 aliphatic heterocycles. The van der Waals surface area contributed by atoms with Gasteiger partial charge < -0.3 is 9.47 Å². The number of hydrogen-bond donors (Lipinski definition) is 0. The Morgan fingerprint density at radius 3 is 2.75 bits per heavy atom. The van der Waals surface area contributed by atoms with E-state index in [4.69, 9.17) is 19.2 Å². The molecule has 2 rings (SSSR count). The summed E-state index contributed by atoms with van der Waals surface area (Å²) in [5.74, 6) is 0. The molecule has 0 bridgehead atoms. The zero-order valence-corrected chi connectivity index (χ0v) is 6.90. The van der Waals surface area contributed by atoms with Gasteiger partial charge in [0.1, 0.15) is 19.6 Å². The molecule has 0 aliphatic carbocycles. The maximum atomic E-state index is 5.34. The van der Waals surface area contributed by atoms with Gasteiger partial charge in [0.15, 0.2) is 0 Å². The van der Waals surface area contributed by atoms with Crippen LogP contribution in [-0.4, -0.2) is 50.8 Å². The van der Waals surface area contributed by atoms with Crippen LogP contribution in [0.1, 0.15) is 0 Å². The van der Waals surface area contributed by atoms with Crippen molar-refractivity contribution in [3.63, 3.8) is 0 Å². The van der Waals surface area contributed by atoms with Gasteiger partial charge in [0.2, 0.25) is 0 Å². The Morgan fingerprint density at radius 2 is 2.08 bits per heavy atom. The molecule has 2 heterocycles. The van der Waals surface area contributed by atoms with Crippen LogP contribution in [-0.2, 0) is 19.2 Å². The molecule has 1 unspecified atom stereocenters. The Balaban J connectivity index is 1.44. The number of nitrogens with zero attached hydrogens (tertiary/aromatic N) is 1. The van der Waals surface area contributed by atoms with Gasteiger partial charge in [-0.25, -0.2) is 14.7 Å². The molecule has 0 N–H and O–H groups in total. The minimum Gasteiger partial charge on any atom is -0.377 e. The third-order valence-corrected chi connectivity index (χ3v) is 1.81. The molecule has 70 valence electrons. The van der Waals surface area contributed by atoms with Gasteiger partial charge in [-0.2, -0.15) is 0 Å². The Labute approximate surface area is 71.1 Å². The fraction of sp³-hybridized carbons (Fsp3) is 1.00. The largest absolute Gasteiger partial charge is 0.377 e. The SMILES string of the molecule is C(CN1COOC1)OCC1CO1. The van der Waals surface area contributed by atoms with E-state index in [9.17, 15) is 0 Å². The molecule has 2 fully saturated rings. The standard InChI is InChI=1S/C7H13NO4/c1(8-5-11-12-6-8)2-9-3-7-4-10-7/h7H,1-6H2. The van der Waals surface area contributed by atoms with Crippen LogP contribution in [0.3, 0.4) is 0 Å². The van der Waals surface area contributed by atoms with Crippen molar-refractivity contribution in [1.29, 1.82) is 0 Å². The highest BCUT2D eigenvalue weighted by Gasteiger charge is 2.22. The average Bonchev–Trinajstić information content (AvgIpc) is 2.76. The van der Waals surface area contributed by atoms with E-state index in [0.29, 0.717) is 26.2 Å². The third-order valence-electron chi connectivity index (χ3n) is 1.81. The van der Waals surface area contributed by atoms with E-state index in [2.05, 4.69) is 0 Å². The van der Waals surface area contributed by atoms with Crippen LogP contribution in [0.5, 0.6) is 0 Å². The van der Waals surface area contributed by atoms with Crippen molar-refractivity contribution in [3.05, 3.63) is 0 Å². The maximum absolute atomic E-state index is 5.34. The van der Waals surface area contributed by atoms with E-state index in [0.717, 1.165) is 19.8 Å². The molecule has 0 spiro atoms. The van der Waals surface area contributed by atoms with E-state index in [1.807, 2.05) is 4.90 Å². The zero-order valence-electron chi connectivity index (χ0n) is 6.90. The lowest BCUT2D eigenvalue weighted by Crippen LogP contribution is -2.25. The van der Waals surface area contributed by atoms with Crippen LogP contribution in [0.25, 0.3) is 0 Å². The molecule has 2 aliphatic rings. The van der Waals surface area contributed by atoms with Gasteiger partial charge in [0, 0.05) is 6.54 Å². The van der Waals surface area contributed by atoms with Crippen LogP contribution in [0, 0.1) is 0 Å². The molecule has 5 nitrogen and oxygen atoms in total. The monoisotopic (exact) mass is 175 g/mol. The second kappa shape index (κ2) is 4.15. The van der Waals surface area contributed by atoms with E-state index >= 15 is 0 Å². The second-order valence-electron chi connectivity index (χ2n) is 2.92. The van der Waals surface area contributed by atoms with Crippen molar-refractivity contribution in [2.24, 2.45) is 0 Å². The summed E-state index contributed by atoms with van der Waals surface area (Å²) >= 11 is 0.